The fourth-order valence-electron chi connectivity index (χ4n) is 2.66. The predicted octanol–water partition coefficient (Wildman–Crippen LogP) is 2.01. The Hall–Kier alpha value is -0.940. The Morgan fingerprint density at radius 2 is 2.17 bits per heavy atom. The molecule has 1 fully saturated rings. The summed E-state index contributed by atoms with van der Waals surface area (Å²) in [4.78, 5) is 17.3. The molecule has 2 atom stereocenters. The molecule has 1 amide bonds. The number of hydrogen-bond acceptors (Lipinski definition) is 4. The highest BCUT2D eigenvalue weighted by atomic mass is 32.1. The number of nitrogens with one attached hydrogen (secondary N) is 1. The standard InChI is InChI=1S/C13H21N3OS/c1-8-12(18-9(2)15-8)13(17)16-11-6-4-3-5-10(11)7-14/h10-11H,3-7,14H2,1-2H3,(H,16,17). The number of nitrogens with zero attached hydrogens (tertiary/aromatic N) is 1. The van der Waals surface area contributed by atoms with E-state index in [1.54, 1.807) is 0 Å². The van der Waals surface area contributed by atoms with Crippen LogP contribution in [0.3, 0.4) is 0 Å². The zero-order chi connectivity index (χ0) is 13.1. The van der Waals surface area contributed by atoms with E-state index in [9.17, 15) is 4.79 Å². The van der Waals surface area contributed by atoms with Gasteiger partial charge in [-0.05, 0) is 39.2 Å². The van der Waals surface area contributed by atoms with E-state index in [1.165, 1.54) is 24.2 Å². The van der Waals surface area contributed by atoms with Gasteiger partial charge in [-0.2, -0.15) is 0 Å². The molecule has 2 unspecified atom stereocenters. The smallest absolute Gasteiger partial charge is 0.263 e. The summed E-state index contributed by atoms with van der Waals surface area (Å²) < 4.78 is 0. The zero-order valence-electron chi connectivity index (χ0n) is 11.0. The number of amides is 1. The molecule has 1 saturated carbocycles. The third-order valence-corrected chi connectivity index (χ3v) is 4.71. The highest BCUT2D eigenvalue weighted by Gasteiger charge is 2.26. The maximum Gasteiger partial charge on any atom is 0.263 e. The molecular formula is C13H21N3OS. The van der Waals surface area contributed by atoms with Crippen LogP contribution >= 0.6 is 11.3 Å². The van der Waals surface area contributed by atoms with Crippen molar-refractivity contribution in [3.05, 3.63) is 15.6 Å². The second-order valence-corrected chi connectivity index (χ2v) is 6.21. The summed E-state index contributed by atoms with van der Waals surface area (Å²) in [5.41, 5.74) is 6.61. The predicted molar refractivity (Wildman–Crippen MR) is 73.9 cm³/mol. The molecule has 5 heteroatoms. The summed E-state index contributed by atoms with van der Waals surface area (Å²) in [5, 5.41) is 4.08. The first-order chi connectivity index (χ1) is 8.61. The van der Waals surface area contributed by atoms with Crippen molar-refractivity contribution in [2.24, 2.45) is 11.7 Å². The molecule has 0 radical (unpaired) electrons. The summed E-state index contributed by atoms with van der Waals surface area (Å²) in [6.45, 7) is 4.48. The van der Waals surface area contributed by atoms with Crippen LogP contribution in [0.15, 0.2) is 0 Å². The van der Waals surface area contributed by atoms with Crippen molar-refractivity contribution < 1.29 is 4.79 Å². The number of carbonyl (C=O) groups excluding carboxylic acids is 1. The molecule has 0 saturated heterocycles. The number of thiazole rings is 1. The Balaban J connectivity index is 2.04. The summed E-state index contributed by atoms with van der Waals surface area (Å²) in [7, 11) is 0. The van der Waals surface area contributed by atoms with Crippen LogP contribution < -0.4 is 11.1 Å². The summed E-state index contributed by atoms with van der Waals surface area (Å²) in [6, 6.07) is 0.234. The fourth-order valence-corrected chi connectivity index (χ4v) is 3.48. The second-order valence-electron chi connectivity index (χ2n) is 5.01. The maximum atomic E-state index is 12.2. The first-order valence-electron chi connectivity index (χ1n) is 6.56. The van der Waals surface area contributed by atoms with E-state index in [0.717, 1.165) is 28.4 Å². The van der Waals surface area contributed by atoms with Crippen LogP contribution in [0.25, 0.3) is 0 Å². The molecule has 18 heavy (non-hydrogen) atoms. The molecule has 0 spiro atoms. The third kappa shape index (κ3) is 2.90. The van der Waals surface area contributed by atoms with Crippen LogP contribution in [-0.4, -0.2) is 23.5 Å². The van der Waals surface area contributed by atoms with Crippen molar-refractivity contribution in [1.82, 2.24) is 10.3 Å². The van der Waals surface area contributed by atoms with E-state index >= 15 is 0 Å². The van der Waals surface area contributed by atoms with E-state index in [0.29, 0.717) is 12.5 Å². The van der Waals surface area contributed by atoms with Crippen molar-refractivity contribution in [1.29, 1.82) is 0 Å². The molecule has 0 bridgehead atoms. The summed E-state index contributed by atoms with van der Waals surface area (Å²) >= 11 is 1.47. The minimum Gasteiger partial charge on any atom is -0.348 e. The van der Waals surface area contributed by atoms with Crippen LogP contribution in [0.2, 0.25) is 0 Å². The number of nitrogens with two attached hydrogens (primary N) is 1. The molecule has 1 aromatic rings. The summed E-state index contributed by atoms with van der Waals surface area (Å²) in [5.74, 6) is 0.445. The number of aromatic nitrogens is 1. The number of rotatable bonds is 3. The lowest BCUT2D eigenvalue weighted by Gasteiger charge is -2.31. The molecule has 1 heterocycles. The van der Waals surface area contributed by atoms with E-state index in [-0.39, 0.29) is 11.9 Å². The Morgan fingerprint density at radius 1 is 1.44 bits per heavy atom. The molecule has 100 valence electrons. The number of aryl methyl sites for hydroxylation is 2. The molecule has 1 aromatic heterocycles. The van der Waals surface area contributed by atoms with E-state index < -0.39 is 0 Å². The minimum absolute atomic E-state index is 0.0171. The van der Waals surface area contributed by atoms with Crippen LogP contribution in [0.4, 0.5) is 0 Å². The quantitative estimate of drug-likeness (QED) is 0.880. The van der Waals surface area contributed by atoms with E-state index in [1.807, 2.05) is 13.8 Å². The van der Waals surface area contributed by atoms with Gasteiger partial charge in [-0.1, -0.05) is 12.8 Å². The molecular weight excluding hydrogens is 246 g/mol. The average molecular weight is 267 g/mol. The SMILES string of the molecule is Cc1nc(C)c(C(=O)NC2CCCCC2CN)s1. The van der Waals surface area contributed by atoms with Crippen LogP contribution in [0.5, 0.6) is 0 Å². The molecule has 2 rings (SSSR count). The molecule has 1 aliphatic carbocycles. The van der Waals surface area contributed by atoms with Gasteiger partial charge in [-0.3, -0.25) is 4.79 Å². The number of hydrogen-bond donors (Lipinski definition) is 2. The first kappa shape index (κ1) is 13.5. The van der Waals surface area contributed by atoms with E-state index in [4.69, 9.17) is 5.73 Å². The Bertz CT molecular complexity index is 430. The van der Waals surface area contributed by atoms with Gasteiger partial charge in [-0.25, -0.2) is 4.98 Å². The lowest BCUT2D eigenvalue weighted by molar-refractivity contribution is 0.0911. The van der Waals surface area contributed by atoms with Crippen molar-refractivity contribution in [3.8, 4) is 0 Å². The van der Waals surface area contributed by atoms with Crippen LogP contribution in [0, 0.1) is 19.8 Å². The first-order valence-corrected chi connectivity index (χ1v) is 7.38. The monoisotopic (exact) mass is 267 g/mol. The maximum absolute atomic E-state index is 12.2. The Kier molecular flexibility index (Phi) is 4.35. The molecule has 0 aromatic carbocycles. The average Bonchev–Trinajstić information content (AvgIpc) is 2.69. The molecule has 3 N–H and O–H groups in total. The third-order valence-electron chi connectivity index (χ3n) is 3.64. The van der Waals surface area contributed by atoms with Crippen molar-refractivity contribution in [2.45, 2.75) is 45.6 Å². The summed E-state index contributed by atoms with van der Waals surface area (Å²) in [6.07, 6.45) is 4.58. The van der Waals surface area contributed by atoms with Gasteiger partial charge in [-0.15, -0.1) is 11.3 Å². The van der Waals surface area contributed by atoms with Gasteiger partial charge in [0.1, 0.15) is 4.88 Å². The Labute approximate surface area is 112 Å². The molecule has 1 aliphatic rings. The van der Waals surface area contributed by atoms with Gasteiger partial charge in [0.25, 0.3) is 5.91 Å². The molecule has 4 nitrogen and oxygen atoms in total. The van der Waals surface area contributed by atoms with Crippen LogP contribution in [-0.2, 0) is 0 Å². The van der Waals surface area contributed by atoms with Crippen molar-refractivity contribution >= 4 is 17.2 Å². The largest absolute Gasteiger partial charge is 0.348 e. The zero-order valence-corrected chi connectivity index (χ0v) is 11.8. The van der Waals surface area contributed by atoms with Gasteiger partial charge in [0, 0.05) is 6.04 Å². The van der Waals surface area contributed by atoms with Crippen molar-refractivity contribution in [2.75, 3.05) is 6.54 Å². The van der Waals surface area contributed by atoms with Gasteiger partial charge in [0.15, 0.2) is 0 Å². The van der Waals surface area contributed by atoms with Gasteiger partial charge in [0.2, 0.25) is 0 Å². The van der Waals surface area contributed by atoms with Crippen LogP contribution in [0.1, 0.15) is 46.1 Å². The van der Waals surface area contributed by atoms with Gasteiger partial charge < -0.3 is 11.1 Å². The topological polar surface area (TPSA) is 68.0 Å². The molecule has 0 aliphatic heterocycles. The van der Waals surface area contributed by atoms with Crippen molar-refractivity contribution in [3.63, 3.8) is 0 Å². The highest BCUT2D eigenvalue weighted by molar-refractivity contribution is 7.13. The highest BCUT2D eigenvalue weighted by Crippen LogP contribution is 2.25. The fraction of sp³-hybridized carbons (Fsp3) is 0.692. The Morgan fingerprint density at radius 3 is 2.78 bits per heavy atom. The minimum atomic E-state index is 0.0171. The normalized spacial score (nSPS) is 23.9. The second kappa shape index (κ2) is 5.80. The van der Waals surface area contributed by atoms with Gasteiger partial charge >= 0.3 is 0 Å². The lowest BCUT2D eigenvalue weighted by atomic mass is 9.84. The number of carbonyl (C=O) groups is 1. The van der Waals surface area contributed by atoms with E-state index in [2.05, 4.69) is 10.3 Å². The lowest BCUT2D eigenvalue weighted by Crippen LogP contribution is -2.44. The van der Waals surface area contributed by atoms with Gasteiger partial charge in [0.05, 0.1) is 10.7 Å².